The van der Waals surface area contributed by atoms with Crippen LogP contribution in [0.15, 0.2) is 24.3 Å². The Morgan fingerprint density at radius 2 is 2.25 bits per heavy atom. The fourth-order valence-electron chi connectivity index (χ4n) is 0.677. The number of halogens is 3. The molecule has 5 heteroatoms. The molecule has 0 aromatic heterocycles. The van der Waals surface area contributed by atoms with Gasteiger partial charge in [-0.1, -0.05) is 0 Å². The number of hydrogen-bond acceptors (Lipinski definition) is 2. The SMILES string of the molecule is Oc1cccc(OC(I)[I-]I)c1. The van der Waals surface area contributed by atoms with Gasteiger partial charge in [-0.3, -0.25) is 0 Å². The minimum atomic E-state index is 0.0617. The van der Waals surface area contributed by atoms with Crippen molar-refractivity contribution in [2.75, 3.05) is 0 Å². The van der Waals surface area contributed by atoms with E-state index >= 15 is 0 Å². The van der Waals surface area contributed by atoms with Crippen LogP contribution >= 0.6 is 41.2 Å². The molecule has 0 saturated carbocycles. The second-order valence-corrected chi connectivity index (χ2v) is 10.2. The van der Waals surface area contributed by atoms with Crippen LogP contribution < -0.4 is 22.0 Å². The van der Waals surface area contributed by atoms with E-state index < -0.39 is 0 Å². The Labute approximate surface area is 105 Å². The molecule has 0 fully saturated rings. The molecule has 1 unspecified atom stereocenters. The van der Waals surface area contributed by atoms with Crippen molar-refractivity contribution < 1.29 is 27.1 Å². The third-order valence-electron chi connectivity index (χ3n) is 1.11. The van der Waals surface area contributed by atoms with Crippen molar-refractivity contribution in [3.63, 3.8) is 0 Å². The molecule has 0 spiro atoms. The quantitative estimate of drug-likeness (QED) is 0.463. The number of phenolic OH excluding ortho intramolecular Hbond substituents is 1. The third-order valence-corrected chi connectivity index (χ3v) is 12.5. The zero-order chi connectivity index (χ0) is 8.97. The van der Waals surface area contributed by atoms with Crippen molar-refractivity contribution in [3.05, 3.63) is 24.3 Å². The van der Waals surface area contributed by atoms with E-state index in [1.807, 2.05) is 6.07 Å². The molecule has 1 aromatic rings. The van der Waals surface area contributed by atoms with Gasteiger partial charge in [0, 0.05) is 0 Å². The number of alkyl halides is 2. The molecule has 0 bridgehead atoms. The topological polar surface area (TPSA) is 29.5 Å². The molecular formula is C7H6I3O2-. The Hall–Kier alpha value is 1.01. The molecule has 0 aliphatic rings. The Balaban J connectivity index is 2.63. The van der Waals surface area contributed by atoms with Crippen molar-refractivity contribution in [2.24, 2.45) is 0 Å². The summed E-state index contributed by atoms with van der Waals surface area (Å²) >= 11 is 4.68. The molecule has 1 rings (SSSR count). The summed E-state index contributed by atoms with van der Waals surface area (Å²) in [5.74, 6) is 0.994. The molecule has 0 aliphatic carbocycles. The normalized spacial score (nSPS) is 12.8. The summed E-state index contributed by atoms with van der Waals surface area (Å²) in [5.41, 5.74) is 0. The van der Waals surface area contributed by atoms with Gasteiger partial charge in [-0.25, -0.2) is 0 Å². The van der Waals surface area contributed by atoms with Crippen LogP contribution in [-0.2, 0) is 0 Å². The zero-order valence-corrected chi connectivity index (χ0v) is 12.3. The van der Waals surface area contributed by atoms with E-state index in [1.165, 1.54) is 0 Å². The van der Waals surface area contributed by atoms with Crippen LogP contribution in [0.25, 0.3) is 0 Å². The van der Waals surface area contributed by atoms with Gasteiger partial charge in [-0.2, -0.15) is 0 Å². The monoisotopic (exact) mass is 503 g/mol. The summed E-state index contributed by atoms with van der Waals surface area (Å²) in [6, 6.07) is 6.89. The van der Waals surface area contributed by atoms with E-state index in [0.717, 1.165) is 5.75 Å². The Morgan fingerprint density at radius 1 is 1.50 bits per heavy atom. The van der Waals surface area contributed by atoms with E-state index in [9.17, 15) is 0 Å². The maximum absolute atomic E-state index is 9.12. The number of hydrogen-bond donors (Lipinski definition) is 1. The van der Waals surface area contributed by atoms with Gasteiger partial charge in [0.2, 0.25) is 0 Å². The molecule has 1 N–H and O–H groups in total. The van der Waals surface area contributed by atoms with Crippen LogP contribution in [0, 0.1) is 0 Å². The molecule has 12 heavy (non-hydrogen) atoms. The molecule has 1 atom stereocenters. The van der Waals surface area contributed by atoms with Crippen molar-refractivity contribution in [1.29, 1.82) is 0 Å². The summed E-state index contributed by atoms with van der Waals surface area (Å²) in [6.07, 6.45) is 0. The molecule has 0 amide bonds. The van der Waals surface area contributed by atoms with Crippen molar-refractivity contribution in [3.8, 4) is 11.5 Å². The molecule has 0 heterocycles. The summed E-state index contributed by atoms with van der Waals surface area (Å²) in [4.78, 5) is 0. The van der Waals surface area contributed by atoms with Crippen LogP contribution in [0.2, 0.25) is 0 Å². The summed E-state index contributed by atoms with van der Waals surface area (Å²) < 4.78 is 5.78. The summed E-state index contributed by atoms with van der Waals surface area (Å²) in [6.45, 7) is 0. The summed E-state index contributed by atoms with van der Waals surface area (Å²) in [5, 5.41) is 9.12. The van der Waals surface area contributed by atoms with E-state index in [-0.39, 0.29) is 25.1 Å². The van der Waals surface area contributed by atoms with Crippen molar-refractivity contribution in [2.45, 2.75) is 2.12 Å². The van der Waals surface area contributed by atoms with Crippen molar-refractivity contribution >= 4 is 41.2 Å². The van der Waals surface area contributed by atoms with Gasteiger partial charge in [0.25, 0.3) is 0 Å². The average molecular weight is 503 g/mol. The predicted molar refractivity (Wildman–Crippen MR) is 60.6 cm³/mol. The van der Waals surface area contributed by atoms with Gasteiger partial charge in [0.1, 0.15) is 0 Å². The maximum atomic E-state index is 9.12. The van der Waals surface area contributed by atoms with Crippen LogP contribution in [0.4, 0.5) is 0 Å². The number of phenols is 1. The standard InChI is InChI=1S/C7H6I3O2/c8-7(10-9)12-6-3-1-2-5(11)4-6/h1-4,7,11H/q-1. The van der Waals surface area contributed by atoms with Crippen LogP contribution in [0.1, 0.15) is 0 Å². The van der Waals surface area contributed by atoms with Crippen LogP contribution in [-0.4, -0.2) is 7.22 Å². The minimum absolute atomic E-state index is 0.0617. The van der Waals surface area contributed by atoms with Gasteiger partial charge in [-0.15, -0.1) is 0 Å². The van der Waals surface area contributed by atoms with E-state index in [4.69, 9.17) is 9.84 Å². The van der Waals surface area contributed by atoms with Gasteiger partial charge in [0.15, 0.2) is 0 Å². The number of aromatic hydroxyl groups is 1. The first-order valence-corrected chi connectivity index (χ1v) is 11.8. The fraction of sp³-hybridized carbons (Fsp3) is 0.143. The van der Waals surface area contributed by atoms with E-state index in [1.54, 1.807) is 18.2 Å². The first-order chi connectivity index (χ1) is 5.72. The first-order valence-electron chi connectivity index (χ1n) is 3.06. The second-order valence-electron chi connectivity index (χ2n) is 1.96. The molecule has 2 nitrogen and oxygen atoms in total. The predicted octanol–water partition coefficient (Wildman–Crippen LogP) is -0.0714. The third kappa shape index (κ3) is 3.81. The fourth-order valence-corrected chi connectivity index (χ4v) is 2.00. The zero-order valence-electron chi connectivity index (χ0n) is 5.88. The van der Waals surface area contributed by atoms with E-state index in [0.29, 0.717) is 0 Å². The number of benzene rings is 1. The van der Waals surface area contributed by atoms with Crippen LogP contribution in [0.3, 0.4) is 0 Å². The van der Waals surface area contributed by atoms with Gasteiger partial charge in [-0.05, 0) is 0 Å². The Bertz CT molecular complexity index is 254. The van der Waals surface area contributed by atoms with Crippen LogP contribution in [0.5, 0.6) is 11.5 Å². The Kier molecular flexibility index (Phi) is 5.25. The van der Waals surface area contributed by atoms with Gasteiger partial charge >= 0.3 is 106 Å². The number of rotatable bonds is 3. The van der Waals surface area contributed by atoms with Gasteiger partial charge < -0.3 is 0 Å². The molecule has 0 aliphatic heterocycles. The molecular weight excluding hydrogens is 497 g/mol. The number of ether oxygens (including phenoxy) is 1. The van der Waals surface area contributed by atoms with Crippen molar-refractivity contribution in [1.82, 2.24) is 0 Å². The molecule has 1 aromatic carbocycles. The molecule has 0 radical (unpaired) electrons. The average Bonchev–Trinajstić information content (AvgIpc) is 2.04. The first kappa shape index (κ1) is 11.1. The Morgan fingerprint density at radius 3 is 2.83 bits per heavy atom. The van der Waals surface area contributed by atoms with Gasteiger partial charge in [0.05, 0.1) is 0 Å². The second kappa shape index (κ2) is 5.68. The van der Waals surface area contributed by atoms with E-state index in [2.05, 4.69) is 41.2 Å². The molecule has 0 saturated heterocycles. The summed E-state index contributed by atoms with van der Waals surface area (Å²) in [7, 11) is 0. The molecule has 68 valence electrons.